The first-order valence-corrected chi connectivity index (χ1v) is 7.16. The number of hydrogen-bond acceptors (Lipinski definition) is 4. The van der Waals surface area contributed by atoms with E-state index in [1.807, 2.05) is 36.4 Å². The molecule has 3 aromatic rings. The maximum absolute atomic E-state index is 11.8. The van der Waals surface area contributed by atoms with E-state index in [0.29, 0.717) is 5.56 Å². The van der Waals surface area contributed by atoms with Crippen LogP contribution in [0.4, 0.5) is 0 Å². The molecule has 0 saturated carbocycles. The molecule has 21 heavy (non-hydrogen) atoms. The Labute approximate surface area is 126 Å². The van der Waals surface area contributed by atoms with Crippen molar-refractivity contribution >= 4 is 27.5 Å². The summed E-state index contributed by atoms with van der Waals surface area (Å²) in [6.07, 6.45) is 5.08. The Morgan fingerprint density at radius 2 is 2.05 bits per heavy atom. The molecule has 0 bridgehead atoms. The highest BCUT2D eigenvalue weighted by atomic mass is 32.1. The molecule has 0 aliphatic heterocycles. The molecular weight excluding hydrogens is 282 g/mol. The fourth-order valence-electron chi connectivity index (χ4n) is 1.95. The van der Waals surface area contributed by atoms with Gasteiger partial charge >= 0.3 is 5.97 Å². The molecule has 0 unspecified atom stereocenters. The molecule has 0 atom stereocenters. The summed E-state index contributed by atoms with van der Waals surface area (Å²) in [6, 6.07) is 15.3. The molecule has 0 aliphatic rings. The predicted octanol–water partition coefficient (Wildman–Crippen LogP) is 3.75. The van der Waals surface area contributed by atoms with Crippen LogP contribution in [0.25, 0.3) is 20.8 Å². The minimum absolute atomic E-state index is 0.0190. The highest BCUT2D eigenvalue weighted by Crippen LogP contribution is 2.30. The average Bonchev–Trinajstić information content (AvgIpc) is 2.96. The summed E-state index contributed by atoms with van der Waals surface area (Å²) < 4.78 is 5.87. The Morgan fingerprint density at radius 1 is 1.24 bits per heavy atom. The minimum atomic E-state index is -0.412. The largest absolute Gasteiger partial charge is 0.449 e. The summed E-state index contributed by atoms with van der Waals surface area (Å²) in [5, 5.41) is 0.930. The van der Waals surface area contributed by atoms with Gasteiger partial charge in [-0.2, -0.15) is 0 Å². The molecule has 2 aromatic carbocycles. The van der Waals surface area contributed by atoms with E-state index in [0.717, 1.165) is 20.8 Å². The van der Waals surface area contributed by atoms with Gasteiger partial charge in [-0.1, -0.05) is 36.3 Å². The number of carbonyl (C=O) groups is 1. The standard InChI is InChI=1S/C17H11NO2S/c1-2-10-20-17(19)13-8-9-14-15(11-13)21-16(18-14)12-6-4-3-5-7-12/h1,3-9,11H,10H2. The lowest BCUT2D eigenvalue weighted by molar-refractivity contribution is 0.0557. The number of nitrogens with zero attached hydrogens (tertiary/aromatic N) is 1. The topological polar surface area (TPSA) is 39.2 Å². The molecule has 0 saturated heterocycles. The van der Waals surface area contributed by atoms with E-state index < -0.39 is 5.97 Å². The van der Waals surface area contributed by atoms with Gasteiger partial charge in [0.2, 0.25) is 0 Å². The van der Waals surface area contributed by atoms with Gasteiger partial charge in [0.25, 0.3) is 0 Å². The monoisotopic (exact) mass is 293 g/mol. The second-order valence-corrected chi connectivity index (χ2v) is 5.38. The molecule has 4 heteroatoms. The summed E-state index contributed by atoms with van der Waals surface area (Å²) in [7, 11) is 0. The summed E-state index contributed by atoms with van der Waals surface area (Å²) in [5.74, 6) is 1.87. The van der Waals surface area contributed by atoms with Gasteiger partial charge in [-0.3, -0.25) is 0 Å². The molecule has 0 N–H and O–H groups in total. The van der Waals surface area contributed by atoms with Crippen molar-refractivity contribution in [1.82, 2.24) is 4.98 Å². The van der Waals surface area contributed by atoms with Crippen LogP contribution >= 0.6 is 11.3 Å². The molecule has 0 aliphatic carbocycles. The maximum Gasteiger partial charge on any atom is 0.339 e. The van der Waals surface area contributed by atoms with Crippen LogP contribution in [0.2, 0.25) is 0 Å². The normalized spacial score (nSPS) is 10.2. The van der Waals surface area contributed by atoms with Crippen molar-refractivity contribution in [1.29, 1.82) is 0 Å². The SMILES string of the molecule is C#CCOC(=O)c1ccc2nc(-c3ccccc3)sc2c1. The first-order chi connectivity index (χ1) is 10.3. The highest BCUT2D eigenvalue weighted by Gasteiger charge is 2.11. The summed E-state index contributed by atoms with van der Waals surface area (Å²) >= 11 is 1.55. The highest BCUT2D eigenvalue weighted by molar-refractivity contribution is 7.21. The van der Waals surface area contributed by atoms with Crippen molar-refractivity contribution in [2.24, 2.45) is 0 Å². The van der Waals surface area contributed by atoms with Gasteiger partial charge in [0, 0.05) is 5.56 Å². The number of fused-ring (bicyclic) bond motifs is 1. The Bertz CT molecular complexity index is 831. The van der Waals surface area contributed by atoms with Crippen LogP contribution < -0.4 is 0 Å². The van der Waals surface area contributed by atoms with Gasteiger partial charge in [0.1, 0.15) is 5.01 Å². The molecule has 1 aromatic heterocycles. The van der Waals surface area contributed by atoms with Crippen LogP contribution in [-0.2, 0) is 4.74 Å². The zero-order chi connectivity index (χ0) is 14.7. The lowest BCUT2D eigenvalue weighted by Crippen LogP contribution is -2.04. The molecule has 0 fully saturated rings. The summed E-state index contributed by atoms with van der Waals surface area (Å²) in [5.41, 5.74) is 2.42. The number of ether oxygens (including phenoxy) is 1. The van der Waals surface area contributed by atoms with Crippen molar-refractivity contribution in [3.8, 4) is 22.9 Å². The molecule has 102 valence electrons. The lowest BCUT2D eigenvalue weighted by Gasteiger charge is -2.00. The van der Waals surface area contributed by atoms with Gasteiger partial charge in [-0.05, 0) is 18.2 Å². The smallest absolute Gasteiger partial charge is 0.339 e. The van der Waals surface area contributed by atoms with Crippen molar-refractivity contribution in [3.05, 3.63) is 54.1 Å². The van der Waals surface area contributed by atoms with Crippen LogP contribution in [0.15, 0.2) is 48.5 Å². The third kappa shape index (κ3) is 2.78. The third-order valence-corrected chi connectivity index (χ3v) is 4.00. The molecule has 1 heterocycles. The van der Waals surface area contributed by atoms with Crippen LogP contribution in [0.1, 0.15) is 10.4 Å². The second-order valence-electron chi connectivity index (χ2n) is 4.35. The number of esters is 1. The fraction of sp³-hybridized carbons (Fsp3) is 0.0588. The first-order valence-electron chi connectivity index (χ1n) is 6.34. The second kappa shape index (κ2) is 5.78. The van der Waals surface area contributed by atoms with E-state index in [2.05, 4.69) is 10.9 Å². The Balaban J connectivity index is 1.96. The van der Waals surface area contributed by atoms with E-state index in [1.54, 1.807) is 23.5 Å². The summed E-state index contributed by atoms with van der Waals surface area (Å²) in [6.45, 7) is -0.0190. The van der Waals surface area contributed by atoms with E-state index >= 15 is 0 Å². The number of aromatic nitrogens is 1. The molecule has 0 spiro atoms. The van der Waals surface area contributed by atoms with Gasteiger partial charge in [0.15, 0.2) is 6.61 Å². The van der Waals surface area contributed by atoms with Crippen LogP contribution in [0.3, 0.4) is 0 Å². The van der Waals surface area contributed by atoms with Gasteiger partial charge in [-0.25, -0.2) is 9.78 Å². The minimum Gasteiger partial charge on any atom is -0.449 e. The quantitative estimate of drug-likeness (QED) is 0.545. The zero-order valence-corrected chi connectivity index (χ0v) is 11.9. The molecule has 0 radical (unpaired) electrons. The van der Waals surface area contributed by atoms with E-state index in [4.69, 9.17) is 11.2 Å². The molecular formula is C17H11NO2S. The Morgan fingerprint density at radius 3 is 2.81 bits per heavy atom. The van der Waals surface area contributed by atoms with Crippen molar-refractivity contribution in [2.45, 2.75) is 0 Å². The first kappa shape index (κ1) is 13.3. The van der Waals surface area contributed by atoms with Crippen LogP contribution in [-0.4, -0.2) is 17.6 Å². The van der Waals surface area contributed by atoms with E-state index in [1.165, 1.54) is 0 Å². The number of hydrogen-bond donors (Lipinski definition) is 0. The molecule has 0 amide bonds. The maximum atomic E-state index is 11.8. The predicted molar refractivity (Wildman–Crippen MR) is 84.2 cm³/mol. The third-order valence-electron chi connectivity index (χ3n) is 2.93. The Hall–Kier alpha value is -2.64. The number of thiazole rings is 1. The summed E-state index contributed by atoms with van der Waals surface area (Å²) in [4.78, 5) is 16.4. The number of benzene rings is 2. The average molecular weight is 293 g/mol. The van der Waals surface area contributed by atoms with E-state index in [9.17, 15) is 4.79 Å². The number of terminal acetylenes is 1. The van der Waals surface area contributed by atoms with Crippen LogP contribution in [0.5, 0.6) is 0 Å². The van der Waals surface area contributed by atoms with Gasteiger partial charge in [-0.15, -0.1) is 17.8 Å². The number of rotatable bonds is 3. The number of carbonyl (C=O) groups excluding carboxylic acids is 1. The Kier molecular flexibility index (Phi) is 3.67. The van der Waals surface area contributed by atoms with Crippen molar-refractivity contribution in [2.75, 3.05) is 6.61 Å². The van der Waals surface area contributed by atoms with Crippen LogP contribution in [0, 0.1) is 12.3 Å². The zero-order valence-electron chi connectivity index (χ0n) is 11.1. The van der Waals surface area contributed by atoms with E-state index in [-0.39, 0.29) is 6.61 Å². The lowest BCUT2D eigenvalue weighted by atomic mass is 10.2. The van der Waals surface area contributed by atoms with Gasteiger partial charge in [0.05, 0.1) is 15.8 Å². The van der Waals surface area contributed by atoms with Crippen molar-refractivity contribution < 1.29 is 9.53 Å². The van der Waals surface area contributed by atoms with Crippen molar-refractivity contribution in [3.63, 3.8) is 0 Å². The fourth-order valence-corrected chi connectivity index (χ4v) is 2.96. The molecule has 3 rings (SSSR count). The van der Waals surface area contributed by atoms with Gasteiger partial charge < -0.3 is 4.74 Å². The molecule has 3 nitrogen and oxygen atoms in total.